The second kappa shape index (κ2) is 9.75. The van der Waals surface area contributed by atoms with E-state index in [9.17, 15) is 14.4 Å². The summed E-state index contributed by atoms with van der Waals surface area (Å²) >= 11 is 3.29. The summed E-state index contributed by atoms with van der Waals surface area (Å²) in [7, 11) is 0. The number of hydrogen-bond donors (Lipinski definition) is 1. The highest BCUT2D eigenvalue weighted by molar-refractivity contribution is 9.09. The van der Waals surface area contributed by atoms with E-state index in [0.717, 1.165) is 11.1 Å². The molecule has 158 valence electrons. The van der Waals surface area contributed by atoms with Gasteiger partial charge in [-0.15, -0.1) is 0 Å². The molecule has 1 amide bonds. The van der Waals surface area contributed by atoms with Gasteiger partial charge in [-0.25, -0.2) is 0 Å². The lowest BCUT2D eigenvalue weighted by molar-refractivity contribution is -0.132. The van der Waals surface area contributed by atoms with Crippen molar-refractivity contribution in [2.24, 2.45) is 0 Å². The zero-order chi connectivity index (χ0) is 21.7. The van der Waals surface area contributed by atoms with Crippen molar-refractivity contribution in [1.29, 1.82) is 0 Å². The Morgan fingerprint density at radius 2 is 1.67 bits per heavy atom. The van der Waals surface area contributed by atoms with E-state index in [1.54, 1.807) is 30.3 Å². The van der Waals surface area contributed by atoms with Crippen LogP contribution >= 0.6 is 15.9 Å². The van der Waals surface area contributed by atoms with E-state index in [1.165, 1.54) is 13.8 Å². The predicted molar refractivity (Wildman–Crippen MR) is 113 cm³/mol. The number of rotatable bonds is 6. The van der Waals surface area contributed by atoms with Crippen molar-refractivity contribution < 1.29 is 28.6 Å². The first-order chi connectivity index (χ1) is 14.4. The van der Waals surface area contributed by atoms with Gasteiger partial charge in [0.15, 0.2) is 0 Å². The van der Waals surface area contributed by atoms with Gasteiger partial charge in [0, 0.05) is 43.1 Å². The molecule has 30 heavy (non-hydrogen) atoms. The zero-order valence-corrected chi connectivity index (χ0v) is 18.2. The maximum atomic E-state index is 12.4. The number of benzene rings is 2. The second-order valence-electron chi connectivity index (χ2n) is 6.86. The quantitative estimate of drug-likeness (QED) is 0.389. The van der Waals surface area contributed by atoms with Crippen LogP contribution in [0.3, 0.4) is 0 Å². The fraction of sp³-hybridized carbons (Fsp3) is 0.318. The summed E-state index contributed by atoms with van der Waals surface area (Å²) in [5, 5.41) is 3.65. The van der Waals surface area contributed by atoms with Crippen LogP contribution in [0.4, 0.5) is 0 Å². The Bertz CT molecular complexity index is 943. The first kappa shape index (κ1) is 21.8. The standard InChI is InChI=1S/C22H22BrNO6/c1-13(25)29-16-5-3-15(4-6-16)19-12-28-20-11-17(30-14(2)26)7-8-18(20)22(19)24-21(27)9-10-23/h3-8,11,19,22H,9-10,12H2,1-2H3,(H,24,27). The van der Waals surface area contributed by atoms with Crippen molar-refractivity contribution in [1.82, 2.24) is 5.32 Å². The number of hydrogen-bond acceptors (Lipinski definition) is 6. The molecule has 0 radical (unpaired) electrons. The Morgan fingerprint density at radius 1 is 1.03 bits per heavy atom. The average molecular weight is 476 g/mol. The van der Waals surface area contributed by atoms with Crippen molar-refractivity contribution in [2.75, 3.05) is 11.9 Å². The Balaban J connectivity index is 1.91. The lowest BCUT2D eigenvalue weighted by atomic mass is 9.85. The van der Waals surface area contributed by atoms with Crippen LogP contribution in [0.5, 0.6) is 17.2 Å². The molecule has 1 N–H and O–H groups in total. The highest BCUT2D eigenvalue weighted by Gasteiger charge is 2.33. The van der Waals surface area contributed by atoms with Crippen LogP contribution in [-0.4, -0.2) is 29.8 Å². The summed E-state index contributed by atoms with van der Waals surface area (Å²) in [6, 6.07) is 11.9. The molecule has 0 fully saturated rings. The van der Waals surface area contributed by atoms with Crippen molar-refractivity contribution in [2.45, 2.75) is 32.2 Å². The minimum absolute atomic E-state index is 0.0877. The Morgan fingerprint density at radius 3 is 2.30 bits per heavy atom. The molecule has 2 aromatic rings. The van der Waals surface area contributed by atoms with Crippen molar-refractivity contribution in [3.05, 3.63) is 53.6 Å². The van der Waals surface area contributed by atoms with E-state index < -0.39 is 5.97 Å². The number of fused-ring (bicyclic) bond motifs is 1. The highest BCUT2D eigenvalue weighted by atomic mass is 79.9. The number of carbonyl (C=O) groups is 3. The third-order valence-electron chi connectivity index (χ3n) is 4.61. The normalized spacial score (nSPS) is 17.3. The van der Waals surface area contributed by atoms with Crippen molar-refractivity contribution in [3.8, 4) is 17.2 Å². The summed E-state index contributed by atoms with van der Waals surface area (Å²) in [4.78, 5) is 34.8. The van der Waals surface area contributed by atoms with Gasteiger partial charge in [-0.05, 0) is 29.8 Å². The molecule has 2 unspecified atom stereocenters. The second-order valence-corrected chi connectivity index (χ2v) is 7.65. The molecule has 3 rings (SSSR count). The molecule has 0 bridgehead atoms. The van der Waals surface area contributed by atoms with E-state index in [1.807, 2.05) is 12.1 Å². The SMILES string of the molecule is CC(=O)Oc1ccc(C2COc3cc(OC(C)=O)ccc3C2NC(=O)CCBr)cc1. The molecule has 0 spiro atoms. The lowest BCUT2D eigenvalue weighted by Crippen LogP contribution is -2.37. The number of nitrogens with one attached hydrogen (secondary N) is 1. The first-order valence-electron chi connectivity index (χ1n) is 9.46. The average Bonchev–Trinajstić information content (AvgIpc) is 2.68. The van der Waals surface area contributed by atoms with Crippen LogP contribution in [0, 0.1) is 0 Å². The number of halogens is 1. The van der Waals surface area contributed by atoms with E-state index in [4.69, 9.17) is 14.2 Å². The van der Waals surface area contributed by atoms with Gasteiger partial charge in [0.05, 0.1) is 12.6 Å². The van der Waals surface area contributed by atoms with Gasteiger partial charge in [0.1, 0.15) is 17.2 Å². The molecule has 2 aromatic carbocycles. The fourth-order valence-corrected chi connectivity index (χ4v) is 3.73. The summed E-state index contributed by atoms with van der Waals surface area (Å²) in [5.41, 5.74) is 1.74. The van der Waals surface area contributed by atoms with Crippen LogP contribution in [0.1, 0.15) is 43.4 Å². The summed E-state index contributed by atoms with van der Waals surface area (Å²) in [5.74, 6) is 0.355. The van der Waals surface area contributed by atoms with Gasteiger partial charge in [-0.1, -0.05) is 28.1 Å². The van der Waals surface area contributed by atoms with Gasteiger partial charge < -0.3 is 19.5 Å². The molecule has 0 aromatic heterocycles. The molecule has 1 aliphatic rings. The Kier molecular flexibility index (Phi) is 7.10. The maximum absolute atomic E-state index is 12.4. The van der Waals surface area contributed by atoms with Crippen molar-refractivity contribution >= 4 is 33.8 Å². The van der Waals surface area contributed by atoms with E-state index in [-0.39, 0.29) is 23.8 Å². The number of carbonyl (C=O) groups excluding carboxylic acids is 3. The highest BCUT2D eigenvalue weighted by Crippen LogP contribution is 2.42. The van der Waals surface area contributed by atoms with Gasteiger partial charge in [-0.2, -0.15) is 0 Å². The van der Waals surface area contributed by atoms with Crippen molar-refractivity contribution in [3.63, 3.8) is 0 Å². The van der Waals surface area contributed by atoms with E-state index in [2.05, 4.69) is 21.2 Å². The molecule has 1 aliphatic heterocycles. The molecule has 1 heterocycles. The molecule has 2 atom stereocenters. The fourth-order valence-electron chi connectivity index (χ4n) is 3.37. The maximum Gasteiger partial charge on any atom is 0.308 e. The van der Waals surface area contributed by atoms with Crippen LogP contribution in [0.2, 0.25) is 0 Å². The van der Waals surface area contributed by atoms with Crippen LogP contribution in [0.25, 0.3) is 0 Å². The minimum atomic E-state index is -0.418. The largest absolute Gasteiger partial charge is 0.492 e. The number of alkyl halides is 1. The zero-order valence-electron chi connectivity index (χ0n) is 16.6. The molecular weight excluding hydrogens is 454 g/mol. The minimum Gasteiger partial charge on any atom is -0.492 e. The number of ether oxygens (including phenoxy) is 3. The van der Waals surface area contributed by atoms with Gasteiger partial charge in [-0.3, -0.25) is 14.4 Å². The third kappa shape index (κ3) is 5.38. The Labute approximate surface area is 182 Å². The summed E-state index contributed by atoms with van der Waals surface area (Å²) < 4.78 is 16.2. The van der Waals surface area contributed by atoms with Gasteiger partial charge >= 0.3 is 11.9 Å². The van der Waals surface area contributed by atoms with Gasteiger partial charge in [0.2, 0.25) is 5.91 Å². The molecule has 8 heteroatoms. The predicted octanol–water partition coefficient (Wildman–Crippen LogP) is 3.66. The molecule has 0 saturated heterocycles. The van der Waals surface area contributed by atoms with E-state index >= 15 is 0 Å². The Hall–Kier alpha value is -2.87. The van der Waals surface area contributed by atoms with Gasteiger partial charge in [0.25, 0.3) is 0 Å². The molecule has 7 nitrogen and oxygen atoms in total. The topological polar surface area (TPSA) is 90.9 Å². The monoisotopic (exact) mass is 475 g/mol. The van der Waals surface area contributed by atoms with Crippen LogP contribution in [-0.2, 0) is 14.4 Å². The lowest BCUT2D eigenvalue weighted by Gasteiger charge is -2.34. The summed E-state index contributed by atoms with van der Waals surface area (Å²) in [6.07, 6.45) is 0.344. The molecular formula is C22H22BrNO6. The third-order valence-corrected chi connectivity index (χ3v) is 5.01. The smallest absolute Gasteiger partial charge is 0.308 e. The molecule has 0 saturated carbocycles. The number of esters is 2. The first-order valence-corrected chi connectivity index (χ1v) is 10.6. The summed E-state index contributed by atoms with van der Waals surface area (Å²) in [6.45, 7) is 3.00. The van der Waals surface area contributed by atoms with Crippen LogP contribution < -0.4 is 19.5 Å². The van der Waals surface area contributed by atoms with Crippen LogP contribution in [0.15, 0.2) is 42.5 Å². The van der Waals surface area contributed by atoms with E-state index in [0.29, 0.717) is 35.6 Å². The molecule has 0 aliphatic carbocycles. The number of amides is 1.